The molecule has 8 nitrogen and oxygen atoms in total. The number of hydrogen-bond donors (Lipinski definition) is 4. The van der Waals surface area contributed by atoms with Crippen molar-refractivity contribution in [2.75, 3.05) is 32.8 Å². The van der Waals surface area contributed by atoms with Crippen molar-refractivity contribution in [1.29, 1.82) is 0 Å². The molecule has 1 aliphatic rings. The third-order valence-electron chi connectivity index (χ3n) is 6.05. The highest BCUT2D eigenvalue weighted by atomic mass is 17.2. The van der Waals surface area contributed by atoms with Gasteiger partial charge in [0.15, 0.2) is 0 Å². The lowest BCUT2D eigenvalue weighted by atomic mass is 9.85. The normalized spacial score (nSPS) is 19.6. The quantitative estimate of drug-likeness (QED) is 0.267. The fraction of sp³-hybridized carbons (Fsp3) is 0.417. The van der Waals surface area contributed by atoms with E-state index in [0.29, 0.717) is 19.6 Å². The van der Waals surface area contributed by atoms with Gasteiger partial charge in [-0.05, 0) is 36.1 Å². The van der Waals surface area contributed by atoms with E-state index in [1.807, 2.05) is 18.2 Å². The first kappa shape index (κ1) is 22.7. The van der Waals surface area contributed by atoms with Crippen LogP contribution < -0.4 is 16.8 Å². The summed E-state index contributed by atoms with van der Waals surface area (Å²) in [5.41, 5.74) is 18.5. The standard InChI is InChI=1S/C24H32N4O4/c1-29-31-13-15(25)11-19-17-7-3-5-9-21(17)27-23(19)24-20(12-16(26)14-32-30-2)18-8-4-6-10-22(18)28-24/h3-10,15-16,19,23,27-28H,11-14,25-26H2,1-2H3. The van der Waals surface area contributed by atoms with Gasteiger partial charge in [0, 0.05) is 40.3 Å². The van der Waals surface area contributed by atoms with Crippen molar-refractivity contribution in [2.45, 2.75) is 36.9 Å². The maximum Gasteiger partial charge on any atom is 0.0976 e. The first-order chi connectivity index (χ1) is 15.6. The topological polar surface area (TPSA) is 117 Å². The highest BCUT2D eigenvalue weighted by Crippen LogP contribution is 2.47. The summed E-state index contributed by atoms with van der Waals surface area (Å²) < 4.78 is 0. The van der Waals surface area contributed by atoms with Gasteiger partial charge in [0.25, 0.3) is 0 Å². The number of aromatic nitrogens is 1. The van der Waals surface area contributed by atoms with E-state index in [1.54, 1.807) is 0 Å². The maximum absolute atomic E-state index is 6.39. The number of H-pyrrole nitrogens is 1. The van der Waals surface area contributed by atoms with Gasteiger partial charge in [0.2, 0.25) is 0 Å². The molecule has 0 bridgehead atoms. The molecule has 8 heteroatoms. The van der Waals surface area contributed by atoms with Crippen LogP contribution in [0.15, 0.2) is 48.5 Å². The Hall–Kier alpha value is -2.46. The lowest BCUT2D eigenvalue weighted by Gasteiger charge is -2.24. The largest absolute Gasteiger partial charge is 0.376 e. The number of nitrogens with one attached hydrogen (secondary N) is 2. The minimum absolute atomic E-state index is 0.0268. The summed E-state index contributed by atoms with van der Waals surface area (Å²) in [6.45, 7) is 0.650. The first-order valence-corrected chi connectivity index (χ1v) is 10.9. The van der Waals surface area contributed by atoms with Crippen molar-refractivity contribution >= 4 is 16.6 Å². The second-order valence-electron chi connectivity index (χ2n) is 8.24. The van der Waals surface area contributed by atoms with Gasteiger partial charge < -0.3 is 21.8 Å². The SMILES string of the molecule is COOCC(N)Cc1c(C2Nc3ccccc3C2CC(N)COOC)[nH]c2ccccc12. The van der Waals surface area contributed by atoms with Gasteiger partial charge in [-0.2, -0.15) is 0 Å². The third kappa shape index (κ3) is 4.80. The summed E-state index contributed by atoms with van der Waals surface area (Å²) in [7, 11) is 2.99. The van der Waals surface area contributed by atoms with E-state index in [4.69, 9.17) is 31.0 Å². The zero-order valence-corrected chi connectivity index (χ0v) is 18.5. The average molecular weight is 441 g/mol. The van der Waals surface area contributed by atoms with Crippen molar-refractivity contribution in [2.24, 2.45) is 11.5 Å². The molecular formula is C24H32N4O4. The van der Waals surface area contributed by atoms with Crippen LogP contribution in [0.5, 0.6) is 0 Å². The molecule has 0 radical (unpaired) electrons. The molecule has 32 heavy (non-hydrogen) atoms. The lowest BCUT2D eigenvalue weighted by Crippen LogP contribution is -2.31. The van der Waals surface area contributed by atoms with Crippen molar-refractivity contribution in [3.63, 3.8) is 0 Å². The molecule has 3 aromatic rings. The smallest absolute Gasteiger partial charge is 0.0976 e. The molecule has 6 N–H and O–H groups in total. The molecule has 0 saturated carbocycles. The monoisotopic (exact) mass is 440 g/mol. The Morgan fingerprint density at radius 1 is 0.906 bits per heavy atom. The Morgan fingerprint density at radius 2 is 1.59 bits per heavy atom. The van der Waals surface area contributed by atoms with Crippen molar-refractivity contribution in [3.8, 4) is 0 Å². The number of benzene rings is 2. The van der Waals surface area contributed by atoms with Crippen LogP contribution in [0.3, 0.4) is 0 Å². The first-order valence-electron chi connectivity index (χ1n) is 10.9. The number of nitrogens with two attached hydrogens (primary N) is 2. The molecule has 1 aromatic heterocycles. The van der Waals surface area contributed by atoms with Crippen molar-refractivity contribution < 1.29 is 19.6 Å². The van der Waals surface area contributed by atoms with Crippen LogP contribution in [0, 0.1) is 0 Å². The average Bonchev–Trinajstić information content (AvgIpc) is 3.35. The number of hydrogen-bond acceptors (Lipinski definition) is 7. The van der Waals surface area contributed by atoms with Gasteiger partial charge in [0.1, 0.15) is 0 Å². The molecule has 2 heterocycles. The van der Waals surface area contributed by atoms with Gasteiger partial charge in [-0.1, -0.05) is 36.4 Å². The molecule has 2 aromatic carbocycles. The van der Waals surface area contributed by atoms with E-state index < -0.39 is 0 Å². The van der Waals surface area contributed by atoms with E-state index >= 15 is 0 Å². The molecule has 0 amide bonds. The minimum Gasteiger partial charge on any atom is -0.376 e. The van der Waals surface area contributed by atoms with Crippen LogP contribution >= 0.6 is 0 Å². The molecule has 0 aliphatic carbocycles. The van der Waals surface area contributed by atoms with Crippen LogP contribution in [0.25, 0.3) is 10.9 Å². The summed E-state index contributed by atoms with van der Waals surface area (Å²) in [4.78, 5) is 23.4. The molecule has 1 aliphatic heterocycles. The van der Waals surface area contributed by atoms with Crippen LogP contribution in [0.4, 0.5) is 5.69 Å². The summed E-state index contributed by atoms with van der Waals surface area (Å²) in [5, 5.41) is 4.89. The second-order valence-corrected chi connectivity index (χ2v) is 8.24. The highest BCUT2D eigenvalue weighted by Gasteiger charge is 2.36. The fourth-order valence-electron chi connectivity index (χ4n) is 4.67. The predicted molar refractivity (Wildman–Crippen MR) is 124 cm³/mol. The molecular weight excluding hydrogens is 408 g/mol. The molecule has 172 valence electrons. The Balaban J connectivity index is 1.70. The van der Waals surface area contributed by atoms with Gasteiger partial charge in [0.05, 0.1) is 33.5 Å². The summed E-state index contributed by atoms with van der Waals surface area (Å²) in [6.07, 6.45) is 1.40. The summed E-state index contributed by atoms with van der Waals surface area (Å²) in [6, 6.07) is 16.3. The van der Waals surface area contributed by atoms with Crippen LogP contribution in [-0.4, -0.2) is 44.5 Å². The van der Waals surface area contributed by atoms with Gasteiger partial charge in [-0.3, -0.25) is 0 Å². The van der Waals surface area contributed by atoms with Crippen LogP contribution in [0.2, 0.25) is 0 Å². The molecule has 4 atom stereocenters. The van der Waals surface area contributed by atoms with Crippen molar-refractivity contribution in [3.05, 3.63) is 65.4 Å². The Labute approximate surface area is 188 Å². The zero-order valence-electron chi connectivity index (χ0n) is 18.5. The van der Waals surface area contributed by atoms with E-state index in [2.05, 4.69) is 40.6 Å². The third-order valence-corrected chi connectivity index (χ3v) is 6.05. The van der Waals surface area contributed by atoms with Gasteiger partial charge in [-0.25, -0.2) is 19.6 Å². The van der Waals surface area contributed by atoms with Crippen molar-refractivity contribution in [1.82, 2.24) is 4.98 Å². The number of fused-ring (bicyclic) bond motifs is 2. The van der Waals surface area contributed by atoms with E-state index in [1.165, 1.54) is 30.7 Å². The molecule has 0 spiro atoms. The Morgan fingerprint density at radius 3 is 2.38 bits per heavy atom. The van der Waals surface area contributed by atoms with Crippen LogP contribution in [-0.2, 0) is 26.0 Å². The number of anilines is 1. The van der Waals surface area contributed by atoms with E-state index in [-0.39, 0.29) is 24.0 Å². The van der Waals surface area contributed by atoms with Gasteiger partial charge >= 0.3 is 0 Å². The summed E-state index contributed by atoms with van der Waals surface area (Å²) >= 11 is 0. The zero-order chi connectivity index (χ0) is 22.5. The molecule has 4 unspecified atom stereocenters. The number of aromatic amines is 1. The number of para-hydroxylation sites is 2. The minimum atomic E-state index is -0.201. The summed E-state index contributed by atoms with van der Waals surface area (Å²) in [5.74, 6) is 0.167. The molecule has 0 saturated heterocycles. The van der Waals surface area contributed by atoms with Gasteiger partial charge in [-0.15, -0.1) is 0 Å². The fourth-order valence-corrected chi connectivity index (χ4v) is 4.67. The Bertz CT molecular complexity index is 1020. The highest BCUT2D eigenvalue weighted by molar-refractivity contribution is 5.85. The Kier molecular flexibility index (Phi) is 7.41. The molecule has 0 fully saturated rings. The number of rotatable bonds is 11. The van der Waals surface area contributed by atoms with E-state index in [9.17, 15) is 0 Å². The predicted octanol–water partition coefficient (Wildman–Crippen LogP) is 3.16. The van der Waals surface area contributed by atoms with E-state index in [0.717, 1.165) is 23.3 Å². The van der Waals surface area contributed by atoms with Crippen LogP contribution in [0.1, 0.15) is 35.2 Å². The lowest BCUT2D eigenvalue weighted by molar-refractivity contribution is -0.275. The molecule has 4 rings (SSSR count). The maximum atomic E-state index is 6.39. The second kappa shape index (κ2) is 10.4.